The van der Waals surface area contributed by atoms with Gasteiger partial charge in [0.1, 0.15) is 0 Å². The van der Waals surface area contributed by atoms with Gasteiger partial charge in [-0.2, -0.15) is 0 Å². The summed E-state index contributed by atoms with van der Waals surface area (Å²) in [7, 11) is 0. The Morgan fingerprint density at radius 1 is 1.40 bits per heavy atom. The first kappa shape index (κ1) is 13.3. The van der Waals surface area contributed by atoms with Crippen LogP contribution < -0.4 is 11.1 Å². The first-order valence-corrected chi connectivity index (χ1v) is 7.07. The molecule has 1 fully saturated rings. The Labute approximate surface area is 122 Å². The predicted molar refractivity (Wildman–Crippen MR) is 80.8 cm³/mol. The Morgan fingerprint density at radius 2 is 2.20 bits per heavy atom. The van der Waals surface area contributed by atoms with Crippen molar-refractivity contribution in [3.8, 4) is 0 Å². The number of fused-ring (bicyclic) bond motifs is 1. The lowest BCUT2D eigenvalue weighted by molar-refractivity contribution is -0.118. The van der Waals surface area contributed by atoms with E-state index in [1.807, 2.05) is 12.1 Å². The van der Waals surface area contributed by atoms with Crippen molar-refractivity contribution in [2.75, 3.05) is 5.32 Å². The highest BCUT2D eigenvalue weighted by atomic mass is 35.5. The molecule has 1 heterocycles. The zero-order valence-electron chi connectivity index (χ0n) is 11.0. The lowest BCUT2D eigenvalue weighted by atomic mass is 9.75. The van der Waals surface area contributed by atoms with Crippen LogP contribution in [0.5, 0.6) is 0 Å². The molecule has 0 radical (unpaired) electrons. The number of benzene rings is 1. The molecule has 2 aromatic rings. The number of nitrogens with one attached hydrogen (secondary N) is 1. The lowest BCUT2D eigenvalue weighted by Gasteiger charge is -2.37. The Balaban J connectivity index is 1.84. The van der Waals surface area contributed by atoms with Gasteiger partial charge in [0.15, 0.2) is 0 Å². The third kappa shape index (κ3) is 2.49. The van der Waals surface area contributed by atoms with E-state index in [9.17, 15) is 4.79 Å². The van der Waals surface area contributed by atoms with Gasteiger partial charge in [-0.3, -0.25) is 9.78 Å². The van der Waals surface area contributed by atoms with Gasteiger partial charge in [0.2, 0.25) is 5.91 Å². The lowest BCUT2D eigenvalue weighted by Crippen LogP contribution is -2.48. The van der Waals surface area contributed by atoms with Crippen LogP contribution in [0.3, 0.4) is 0 Å². The Morgan fingerprint density at radius 3 is 2.90 bits per heavy atom. The largest absolute Gasteiger partial charge is 0.325 e. The number of nitrogens with two attached hydrogens (primary N) is 1. The summed E-state index contributed by atoms with van der Waals surface area (Å²) in [6.45, 7) is 0. The summed E-state index contributed by atoms with van der Waals surface area (Å²) in [5.41, 5.74) is 7.16. The van der Waals surface area contributed by atoms with Crippen LogP contribution in [0, 0.1) is 0 Å². The maximum Gasteiger partial charge on any atom is 0.226 e. The quantitative estimate of drug-likeness (QED) is 0.912. The van der Waals surface area contributed by atoms with E-state index < -0.39 is 0 Å². The van der Waals surface area contributed by atoms with E-state index in [-0.39, 0.29) is 11.4 Å². The SMILES string of the molecule is NC1(CC(=O)Nc2ccc(Cl)c3cccnc23)CCC1. The number of carbonyl (C=O) groups is 1. The van der Waals surface area contributed by atoms with Crippen molar-refractivity contribution in [1.82, 2.24) is 4.98 Å². The van der Waals surface area contributed by atoms with Gasteiger partial charge in [-0.25, -0.2) is 0 Å². The fourth-order valence-electron chi connectivity index (χ4n) is 2.56. The van der Waals surface area contributed by atoms with Gasteiger partial charge in [-0.1, -0.05) is 11.6 Å². The Bertz CT molecular complexity index is 667. The maximum atomic E-state index is 12.1. The van der Waals surface area contributed by atoms with Crippen LogP contribution in [0.1, 0.15) is 25.7 Å². The average Bonchev–Trinajstić information content (AvgIpc) is 2.40. The minimum atomic E-state index is -0.320. The number of amides is 1. The zero-order chi connectivity index (χ0) is 14.2. The third-order valence-electron chi connectivity index (χ3n) is 3.85. The summed E-state index contributed by atoms with van der Waals surface area (Å²) >= 11 is 6.13. The molecule has 0 unspecified atom stereocenters. The first-order valence-electron chi connectivity index (χ1n) is 6.69. The molecule has 5 heteroatoms. The van der Waals surface area contributed by atoms with Crippen LogP contribution in [0.25, 0.3) is 10.9 Å². The minimum Gasteiger partial charge on any atom is -0.325 e. The molecule has 0 aliphatic heterocycles. The van der Waals surface area contributed by atoms with Crippen molar-refractivity contribution in [2.45, 2.75) is 31.2 Å². The number of pyridine rings is 1. The fraction of sp³-hybridized carbons (Fsp3) is 0.333. The summed E-state index contributed by atoms with van der Waals surface area (Å²) in [6.07, 6.45) is 4.98. The molecule has 1 aromatic carbocycles. The van der Waals surface area contributed by atoms with Crippen molar-refractivity contribution >= 4 is 34.1 Å². The maximum absolute atomic E-state index is 12.1. The number of anilines is 1. The predicted octanol–water partition coefficient (Wildman–Crippen LogP) is 3.10. The van der Waals surface area contributed by atoms with Crippen LogP contribution in [-0.2, 0) is 4.79 Å². The highest BCUT2D eigenvalue weighted by Gasteiger charge is 2.34. The standard InChI is InChI=1S/C15H16ClN3O/c16-11-4-5-12(14-10(11)3-1-8-18-14)19-13(20)9-15(17)6-2-7-15/h1,3-5,8H,2,6-7,9,17H2,(H,19,20). The smallest absolute Gasteiger partial charge is 0.226 e. The van der Waals surface area contributed by atoms with Crippen molar-refractivity contribution < 1.29 is 4.79 Å². The van der Waals surface area contributed by atoms with Crippen LogP contribution in [-0.4, -0.2) is 16.4 Å². The van der Waals surface area contributed by atoms with Gasteiger partial charge in [-0.05, 0) is 43.5 Å². The highest BCUT2D eigenvalue weighted by molar-refractivity contribution is 6.35. The summed E-state index contributed by atoms with van der Waals surface area (Å²) in [4.78, 5) is 16.4. The second kappa shape index (κ2) is 5.04. The number of rotatable bonds is 3. The van der Waals surface area contributed by atoms with E-state index in [2.05, 4.69) is 10.3 Å². The third-order valence-corrected chi connectivity index (χ3v) is 4.18. The molecule has 1 saturated carbocycles. The molecule has 3 rings (SSSR count). The van der Waals surface area contributed by atoms with Crippen molar-refractivity contribution in [3.63, 3.8) is 0 Å². The topological polar surface area (TPSA) is 68.0 Å². The van der Waals surface area contributed by atoms with Gasteiger partial charge < -0.3 is 11.1 Å². The van der Waals surface area contributed by atoms with Crippen LogP contribution in [0.2, 0.25) is 5.02 Å². The number of halogens is 1. The molecule has 1 aliphatic carbocycles. The Hall–Kier alpha value is -1.65. The van der Waals surface area contributed by atoms with Gasteiger partial charge in [0.25, 0.3) is 0 Å². The second-order valence-corrected chi connectivity index (χ2v) is 5.84. The molecule has 1 amide bonds. The zero-order valence-corrected chi connectivity index (χ0v) is 11.8. The molecule has 104 valence electrons. The fourth-order valence-corrected chi connectivity index (χ4v) is 2.78. The molecular weight excluding hydrogens is 274 g/mol. The Kier molecular flexibility index (Phi) is 3.36. The minimum absolute atomic E-state index is 0.0681. The molecule has 0 saturated heterocycles. The average molecular weight is 290 g/mol. The normalized spacial score (nSPS) is 16.7. The molecule has 3 N–H and O–H groups in total. The van der Waals surface area contributed by atoms with E-state index in [1.54, 1.807) is 18.3 Å². The first-order chi connectivity index (χ1) is 9.57. The number of carbonyl (C=O) groups excluding carboxylic acids is 1. The summed E-state index contributed by atoms with van der Waals surface area (Å²) in [5.74, 6) is -0.0681. The van der Waals surface area contributed by atoms with Crippen LogP contribution in [0.4, 0.5) is 5.69 Å². The molecule has 0 bridgehead atoms. The van der Waals surface area contributed by atoms with E-state index in [1.165, 1.54) is 0 Å². The molecule has 0 spiro atoms. The summed E-state index contributed by atoms with van der Waals surface area (Å²) in [5, 5.41) is 4.35. The summed E-state index contributed by atoms with van der Waals surface area (Å²) in [6, 6.07) is 7.25. The van der Waals surface area contributed by atoms with E-state index in [0.717, 1.165) is 24.6 Å². The van der Waals surface area contributed by atoms with E-state index in [0.29, 0.717) is 22.6 Å². The van der Waals surface area contributed by atoms with Gasteiger partial charge in [0.05, 0.1) is 16.2 Å². The molecular formula is C15H16ClN3O. The van der Waals surface area contributed by atoms with Crippen LogP contribution >= 0.6 is 11.6 Å². The number of hydrogen-bond donors (Lipinski definition) is 2. The van der Waals surface area contributed by atoms with E-state index in [4.69, 9.17) is 17.3 Å². The van der Waals surface area contributed by atoms with Crippen molar-refractivity contribution in [1.29, 1.82) is 0 Å². The number of hydrogen-bond acceptors (Lipinski definition) is 3. The molecule has 0 atom stereocenters. The van der Waals surface area contributed by atoms with Gasteiger partial charge in [-0.15, -0.1) is 0 Å². The molecule has 4 nitrogen and oxygen atoms in total. The molecule has 1 aromatic heterocycles. The van der Waals surface area contributed by atoms with Crippen LogP contribution in [0.15, 0.2) is 30.5 Å². The molecule has 1 aliphatic rings. The van der Waals surface area contributed by atoms with Crippen molar-refractivity contribution in [2.24, 2.45) is 5.73 Å². The van der Waals surface area contributed by atoms with Crippen molar-refractivity contribution in [3.05, 3.63) is 35.5 Å². The number of nitrogens with zero attached hydrogens (tertiary/aromatic N) is 1. The summed E-state index contributed by atoms with van der Waals surface area (Å²) < 4.78 is 0. The number of aromatic nitrogens is 1. The van der Waals surface area contributed by atoms with Gasteiger partial charge in [0, 0.05) is 23.5 Å². The molecule has 20 heavy (non-hydrogen) atoms. The second-order valence-electron chi connectivity index (χ2n) is 5.44. The highest BCUT2D eigenvalue weighted by Crippen LogP contribution is 2.33. The van der Waals surface area contributed by atoms with E-state index >= 15 is 0 Å². The monoisotopic (exact) mass is 289 g/mol. The van der Waals surface area contributed by atoms with Gasteiger partial charge >= 0.3 is 0 Å².